The van der Waals surface area contributed by atoms with Crippen LogP contribution in [0.4, 0.5) is 5.69 Å². The SMILES string of the molecule is CCc1c(C)nc2c(OC)cccc2c1NC. The number of hydrogen-bond acceptors (Lipinski definition) is 3. The van der Waals surface area contributed by atoms with E-state index < -0.39 is 0 Å². The Morgan fingerprint density at radius 1 is 1.35 bits per heavy atom. The van der Waals surface area contributed by atoms with Crippen LogP contribution in [0.2, 0.25) is 0 Å². The number of methoxy groups -OCH3 is 1. The lowest BCUT2D eigenvalue weighted by molar-refractivity contribution is 0.419. The molecular weight excluding hydrogens is 212 g/mol. The predicted molar refractivity (Wildman–Crippen MR) is 72.0 cm³/mol. The first-order valence-corrected chi connectivity index (χ1v) is 5.86. The van der Waals surface area contributed by atoms with E-state index >= 15 is 0 Å². The number of hydrogen-bond donors (Lipinski definition) is 1. The highest BCUT2D eigenvalue weighted by atomic mass is 16.5. The molecule has 3 heteroatoms. The van der Waals surface area contributed by atoms with Crippen molar-refractivity contribution in [3.8, 4) is 5.75 Å². The van der Waals surface area contributed by atoms with Gasteiger partial charge in [-0.1, -0.05) is 19.1 Å². The van der Waals surface area contributed by atoms with E-state index in [2.05, 4.69) is 23.3 Å². The third kappa shape index (κ3) is 1.82. The van der Waals surface area contributed by atoms with Crippen molar-refractivity contribution in [2.45, 2.75) is 20.3 Å². The van der Waals surface area contributed by atoms with Crippen LogP contribution in [0.5, 0.6) is 5.75 Å². The lowest BCUT2D eigenvalue weighted by Crippen LogP contribution is -2.02. The molecule has 0 bridgehead atoms. The highest BCUT2D eigenvalue weighted by Gasteiger charge is 2.12. The number of nitrogens with zero attached hydrogens (tertiary/aromatic N) is 1. The summed E-state index contributed by atoms with van der Waals surface area (Å²) >= 11 is 0. The quantitative estimate of drug-likeness (QED) is 0.879. The molecule has 1 aromatic carbocycles. The van der Waals surface area contributed by atoms with Crippen molar-refractivity contribution in [3.05, 3.63) is 29.5 Å². The molecule has 0 aliphatic rings. The van der Waals surface area contributed by atoms with Crippen molar-refractivity contribution < 1.29 is 4.74 Å². The van der Waals surface area contributed by atoms with Crippen LogP contribution in [0, 0.1) is 6.92 Å². The smallest absolute Gasteiger partial charge is 0.145 e. The van der Waals surface area contributed by atoms with Gasteiger partial charge in [0.25, 0.3) is 0 Å². The summed E-state index contributed by atoms with van der Waals surface area (Å²) in [7, 11) is 3.63. The molecule has 2 rings (SSSR count). The van der Waals surface area contributed by atoms with Gasteiger partial charge in [0, 0.05) is 23.8 Å². The molecule has 3 nitrogen and oxygen atoms in total. The summed E-state index contributed by atoms with van der Waals surface area (Å²) < 4.78 is 5.37. The zero-order valence-corrected chi connectivity index (χ0v) is 10.8. The van der Waals surface area contributed by atoms with Gasteiger partial charge < -0.3 is 10.1 Å². The number of benzene rings is 1. The van der Waals surface area contributed by atoms with E-state index in [1.807, 2.05) is 26.1 Å². The van der Waals surface area contributed by atoms with Gasteiger partial charge in [-0.3, -0.25) is 0 Å². The van der Waals surface area contributed by atoms with E-state index in [0.29, 0.717) is 0 Å². The van der Waals surface area contributed by atoms with Crippen molar-refractivity contribution in [2.75, 3.05) is 19.5 Å². The van der Waals surface area contributed by atoms with Crippen LogP contribution in [0.25, 0.3) is 10.9 Å². The summed E-state index contributed by atoms with van der Waals surface area (Å²) in [6.07, 6.45) is 0.974. The number of aromatic nitrogens is 1. The fourth-order valence-corrected chi connectivity index (χ4v) is 2.30. The molecule has 0 unspecified atom stereocenters. The largest absolute Gasteiger partial charge is 0.494 e. The molecule has 2 aromatic rings. The third-order valence-electron chi connectivity index (χ3n) is 3.11. The van der Waals surface area contributed by atoms with E-state index in [0.717, 1.165) is 34.5 Å². The fraction of sp³-hybridized carbons (Fsp3) is 0.357. The standard InChI is InChI=1S/C14H18N2O/c1-5-10-9(2)16-14-11(13(10)15-3)7-6-8-12(14)17-4/h6-8H,5H2,1-4H3,(H,15,16). The molecule has 0 atom stereocenters. The summed E-state index contributed by atoms with van der Waals surface area (Å²) in [6, 6.07) is 6.02. The molecule has 0 saturated carbocycles. The molecule has 0 saturated heterocycles. The van der Waals surface area contributed by atoms with Gasteiger partial charge in [-0.25, -0.2) is 4.98 Å². The van der Waals surface area contributed by atoms with Gasteiger partial charge in [-0.15, -0.1) is 0 Å². The number of ether oxygens (including phenoxy) is 1. The maximum absolute atomic E-state index is 5.37. The molecule has 0 aliphatic heterocycles. The molecule has 0 fully saturated rings. The monoisotopic (exact) mass is 230 g/mol. The minimum atomic E-state index is 0.824. The molecule has 1 heterocycles. The summed E-state index contributed by atoms with van der Waals surface area (Å²) in [5.74, 6) is 0.824. The van der Waals surface area contributed by atoms with E-state index in [1.165, 1.54) is 5.56 Å². The van der Waals surface area contributed by atoms with E-state index in [4.69, 9.17) is 4.74 Å². The molecule has 0 aliphatic carbocycles. The molecule has 0 amide bonds. The van der Waals surface area contributed by atoms with Crippen molar-refractivity contribution in [3.63, 3.8) is 0 Å². The van der Waals surface area contributed by atoms with E-state index in [1.54, 1.807) is 7.11 Å². The predicted octanol–water partition coefficient (Wildman–Crippen LogP) is 3.16. The van der Waals surface area contributed by atoms with Crippen LogP contribution in [-0.2, 0) is 6.42 Å². The Labute approximate surface area is 102 Å². The summed E-state index contributed by atoms with van der Waals surface area (Å²) in [5, 5.41) is 4.41. The number of anilines is 1. The molecule has 90 valence electrons. The zero-order valence-electron chi connectivity index (χ0n) is 10.8. The average Bonchev–Trinajstić information content (AvgIpc) is 2.36. The Hall–Kier alpha value is -1.77. The number of nitrogens with one attached hydrogen (secondary N) is 1. The minimum absolute atomic E-state index is 0.824. The normalized spacial score (nSPS) is 10.6. The van der Waals surface area contributed by atoms with Gasteiger partial charge in [0.15, 0.2) is 0 Å². The van der Waals surface area contributed by atoms with Crippen LogP contribution < -0.4 is 10.1 Å². The van der Waals surface area contributed by atoms with Crippen LogP contribution >= 0.6 is 0 Å². The second kappa shape index (κ2) is 4.62. The van der Waals surface area contributed by atoms with Crippen LogP contribution in [-0.4, -0.2) is 19.1 Å². The van der Waals surface area contributed by atoms with Crippen molar-refractivity contribution >= 4 is 16.6 Å². The first kappa shape index (κ1) is 11.7. The van der Waals surface area contributed by atoms with Crippen molar-refractivity contribution in [1.29, 1.82) is 0 Å². The lowest BCUT2D eigenvalue weighted by Gasteiger charge is -2.15. The molecule has 0 spiro atoms. The Morgan fingerprint density at radius 3 is 2.71 bits per heavy atom. The third-order valence-corrected chi connectivity index (χ3v) is 3.11. The summed E-state index contributed by atoms with van der Waals surface area (Å²) in [5.41, 5.74) is 4.42. The van der Waals surface area contributed by atoms with Gasteiger partial charge in [-0.05, 0) is 25.0 Å². The number of rotatable bonds is 3. The van der Waals surface area contributed by atoms with Gasteiger partial charge in [0.05, 0.1) is 7.11 Å². The highest BCUT2D eigenvalue weighted by Crippen LogP contribution is 2.33. The Bertz CT molecular complexity index is 549. The summed E-state index contributed by atoms with van der Waals surface area (Å²) in [6.45, 7) is 4.20. The first-order chi connectivity index (χ1) is 8.22. The topological polar surface area (TPSA) is 34.1 Å². The Kier molecular flexibility index (Phi) is 3.18. The van der Waals surface area contributed by atoms with Crippen molar-refractivity contribution in [2.24, 2.45) is 0 Å². The zero-order chi connectivity index (χ0) is 12.4. The summed E-state index contributed by atoms with van der Waals surface area (Å²) in [4.78, 5) is 4.66. The van der Waals surface area contributed by atoms with Gasteiger partial charge in [-0.2, -0.15) is 0 Å². The van der Waals surface area contributed by atoms with Gasteiger partial charge in [0.2, 0.25) is 0 Å². The van der Waals surface area contributed by atoms with Crippen LogP contribution in [0.1, 0.15) is 18.2 Å². The maximum atomic E-state index is 5.37. The Balaban J connectivity index is 2.87. The minimum Gasteiger partial charge on any atom is -0.494 e. The number of para-hydroxylation sites is 1. The number of fused-ring (bicyclic) bond motifs is 1. The van der Waals surface area contributed by atoms with Crippen LogP contribution in [0.15, 0.2) is 18.2 Å². The first-order valence-electron chi connectivity index (χ1n) is 5.86. The molecule has 0 radical (unpaired) electrons. The Morgan fingerprint density at radius 2 is 2.12 bits per heavy atom. The number of pyridine rings is 1. The fourth-order valence-electron chi connectivity index (χ4n) is 2.30. The lowest BCUT2D eigenvalue weighted by atomic mass is 10.0. The van der Waals surface area contributed by atoms with E-state index in [9.17, 15) is 0 Å². The van der Waals surface area contributed by atoms with Gasteiger partial charge >= 0.3 is 0 Å². The average molecular weight is 230 g/mol. The second-order valence-corrected chi connectivity index (χ2v) is 4.01. The maximum Gasteiger partial charge on any atom is 0.145 e. The molecular formula is C14H18N2O. The number of aryl methyl sites for hydroxylation is 1. The van der Waals surface area contributed by atoms with Gasteiger partial charge in [0.1, 0.15) is 11.3 Å². The second-order valence-electron chi connectivity index (χ2n) is 4.01. The van der Waals surface area contributed by atoms with E-state index in [-0.39, 0.29) is 0 Å². The van der Waals surface area contributed by atoms with Crippen LogP contribution in [0.3, 0.4) is 0 Å². The molecule has 1 aromatic heterocycles. The molecule has 17 heavy (non-hydrogen) atoms. The molecule has 1 N–H and O–H groups in total. The highest BCUT2D eigenvalue weighted by molar-refractivity contribution is 5.96. The van der Waals surface area contributed by atoms with Crippen molar-refractivity contribution in [1.82, 2.24) is 4.98 Å².